The molecule has 0 saturated heterocycles. The lowest BCUT2D eigenvalue weighted by Gasteiger charge is -1.83. The van der Waals surface area contributed by atoms with Gasteiger partial charge in [0.15, 0.2) is 5.76 Å². The summed E-state index contributed by atoms with van der Waals surface area (Å²) >= 11 is 0. The van der Waals surface area contributed by atoms with Crippen molar-refractivity contribution >= 4 is 0 Å². The van der Waals surface area contributed by atoms with Crippen LogP contribution >= 0.6 is 0 Å². The number of aromatic amines is 1. The molecule has 1 N–H and O–H groups in total. The number of aromatic nitrogens is 3. The summed E-state index contributed by atoms with van der Waals surface area (Å²) in [6.07, 6.45) is 4.19. The highest BCUT2D eigenvalue weighted by atomic mass is 16.5. The SMILES string of the molecule is c1cc(-c2cc(C3CC3)no2)[nH]n1. The highest BCUT2D eigenvalue weighted by molar-refractivity contribution is 5.51. The van der Waals surface area contributed by atoms with Crippen molar-refractivity contribution in [2.24, 2.45) is 0 Å². The van der Waals surface area contributed by atoms with Gasteiger partial charge in [0.2, 0.25) is 0 Å². The van der Waals surface area contributed by atoms with Gasteiger partial charge in [-0.15, -0.1) is 0 Å². The van der Waals surface area contributed by atoms with Gasteiger partial charge in [0.25, 0.3) is 0 Å². The van der Waals surface area contributed by atoms with Crippen LogP contribution in [0.1, 0.15) is 24.5 Å². The molecule has 0 radical (unpaired) electrons. The summed E-state index contributed by atoms with van der Waals surface area (Å²) in [5.74, 6) is 1.42. The van der Waals surface area contributed by atoms with E-state index in [1.165, 1.54) is 12.8 Å². The van der Waals surface area contributed by atoms with E-state index in [9.17, 15) is 0 Å². The third-order valence-corrected chi connectivity index (χ3v) is 2.29. The predicted octanol–water partition coefficient (Wildman–Crippen LogP) is 1.94. The van der Waals surface area contributed by atoms with E-state index in [4.69, 9.17) is 4.52 Å². The smallest absolute Gasteiger partial charge is 0.184 e. The zero-order valence-electron chi connectivity index (χ0n) is 7.03. The summed E-state index contributed by atoms with van der Waals surface area (Å²) in [4.78, 5) is 0. The van der Waals surface area contributed by atoms with E-state index < -0.39 is 0 Å². The zero-order valence-corrected chi connectivity index (χ0v) is 7.03. The van der Waals surface area contributed by atoms with Gasteiger partial charge < -0.3 is 4.52 Å². The molecule has 0 spiro atoms. The second-order valence-corrected chi connectivity index (χ2v) is 3.36. The summed E-state index contributed by atoms with van der Waals surface area (Å²) in [6.45, 7) is 0. The van der Waals surface area contributed by atoms with Crippen molar-refractivity contribution in [1.29, 1.82) is 0 Å². The van der Waals surface area contributed by atoms with Crippen LogP contribution in [0.2, 0.25) is 0 Å². The quantitative estimate of drug-likeness (QED) is 0.758. The van der Waals surface area contributed by atoms with Gasteiger partial charge in [-0.25, -0.2) is 0 Å². The van der Waals surface area contributed by atoms with E-state index in [1.54, 1.807) is 6.20 Å². The minimum Gasteiger partial charge on any atom is -0.354 e. The van der Waals surface area contributed by atoms with Gasteiger partial charge in [-0.3, -0.25) is 5.10 Å². The maximum absolute atomic E-state index is 5.19. The Labute approximate surface area is 74.9 Å². The van der Waals surface area contributed by atoms with E-state index in [-0.39, 0.29) is 0 Å². The molecular formula is C9H9N3O. The molecule has 4 nitrogen and oxygen atoms in total. The van der Waals surface area contributed by atoms with Gasteiger partial charge in [-0.1, -0.05) is 5.16 Å². The van der Waals surface area contributed by atoms with E-state index in [2.05, 4.69) is 15.4 Å². The van der Waals surface area contributed by atoms with Crippen LogP contribution in [0.15, 0.2) is 22.9 Å². The van der Waals surface area contributed by atoms with Crippen LogP contribution in [0.4, 0.5) is 0 Å². The van der Waals surface area contributed by atoms with Crippen molar-refractivity contribution in [3.8, 4) is 11.5 Å². The van der Waals surface area contributed by atoms with Crippen molar-refractivity contribution in [3.05, 3.63) is 24.0 Å². The number of hydrogen-bond acceptors (Lipinski definition) is 3. The van der Waals surface area contributed by atoms with Crippen LogP contribution in [-0.2, 0) is 0 Å². The van der Waals surface area contributed by atoms with Crippen LogP contribution in [0.5, 0.6) is 0 Å². The Morgan fingerprint density at radius 1 is 1.46 bits per heavy atom. The number of nitrogens with zero attached hydrogens (tertiary/aromatic N) is 2. The van der Waals surface area contributed by atoms with Gasteiger partial charge in [0.1, 0.15) is 5.69 Å². The number of nitrogens with one attached hydrogen (secondary N) is 1. The fraction of sp³-hybridized carbons (Fsp3) is 0.333. The van der Waals surface area contributed by atoms with Crippen LogP contribution < -0.4 is 0 Å². The molecule has 0 aliphatic heterocycles. The molecule has 2 aromatic rings. The van der Waals surface area contributed by atoms with Crippen LogP contribution in [-0.4, -0.2) is 15.4 Å². The third kappa shape index (κ3) is 1.14. The van der Waals surface area contributed by atoms with E-state index in [1.807, 2.05) is 12.1 Å². The fourth-order valence-electron chi connectivity index (χ4n) is 1.38. The van der Waals surface area contributed by atoms with E-state index >= 15 is 0 Å². The van der Waals surface area contributed by atoms with Gasteiger partial charge in [0, 0.05) is 18.2 Å². The Balaban J connectivity index is 1.97. The molecule has 0 bridgehead atoms. The number of hydrogen-bond donors (Lipinski definition) is 1. The normalized spacial score (nSPS) is 16.3. The molecule has 66 valence electrons. The first-order valence-electron chi connectivity index (χ1n) is 4.40. The van der Waals surface area contributed by atoms with Crippen LogP contribution in [0, 0.1) is 0 Å². The lowest BCUT2D eigenvalue weighted by atomic mass is 10.2. The molecule has 0 unspecified atom stereocenters. The van der Waals surface area contributed by atoms with Gasteiger partial charge in [-0.2, -0.15) is 5.10 Å². The van der Waals surface area contributed by atoms with Gasteiger partial charge >= 0.3 is 0 Å². The highest BCUT2D eigenvalue weighted by Crippen LogP contribution is 2.40. The molecule has 1 aliphatic rings. The fourth-order valence-corrected chi connectivity index (χ4v) is 1.38. The second kappa shape index (κ2) is 2.45. The Morgan fingerprint density at radius 2 is 2.38 bits per heavy atom. The maximum Gasteiger partial charge on any atom is 0.184 e. The first-order valence-corrected chi connectivity index (χ1v) is 4.40. The minimum absolute atomic E-state index is 0.639. The summed E-state index contributed by atoms with van der Waals surface area (Å²) in [5, 5.41) is 10.7. The summed E-state index contributed by atoms with van der Waals surface area (Å²) < 4.78 is 5.19. The molecule has 0 amide bonds. The molecule has 2 aromatic heterocycles. The van der Waals surface area contributed by atoms with Crippen molar-refractivity contribution in [2.45, 2.75) is 18.8 Å². The molecule has 1 fully saturated rings. The van der Waals surface area contributed by atoms with E-state index in [0.717, 1.165) is 17.1 Å². The highest BCUT2D eigenvalue weighted by Gasteiger charge is 2.27. The molecule has 1 aliphatic carbocycles. The molecular weight excluding hydrogens is 166 g/mol. The Kier molecular flexibility index (Phi) is 1.30. The molecule has 3 rings (SSSR count). The minimum atomic E-state index is 0.639. The average molecular weight is 175 g/mol. The molecule has 0 aromatic carbocycles. The Bertz CT molecular complexity index is 400. The molecule has 13 heavy (non-hydrogen) atoms. The van der Waals surface area contributed by atoms with Crippen molar-refractivity contribution in [3.63, 3.8) is 0 Å². The van der Waals surface area contributed by atoms with E-state index in [0.29, 0.717) is 5.92 Å². The molecule has 1 saturated carbocycles. The first-order chi connectivity index (χ1) is 6.43. The zero-order chi connectivity index (χ0) is 8.67. The van der Waals surface area contributed by atoms with Gasteiger partial charge in [0.05, 0.1) is 5.69 Å². The molecule has 4 heteroatoms. The van der Waals surface area contributed by atoms with Crippen LogP contribution in [0.25, 0.3) is 11.5 Å². The summed E-state index contributed by atoms with van der Waals surface area (Å²) in [7, 11) is 0. The Morgan fingerprint density at radius 3 is 3.08 bits per heavy atom. The average Bonchev–Trinajstić information content (AvgIpc) is 2.72. The number of H-pyrrole nitrogens is 1. The van der Waals surface area contributed by atoms with Gasteiger partial charge in [-0.05, 0) is 18.9 Å². The lowest BCUT2D eigenvalue weighted by Crippen LogP contribution is -1.74. The lowest BCUT2D eigenvalue weighted by molar-refractivity contribution is 0.422. The predicted molar refractivity (Wildman–Crippen MR) is 46.1 cm³/mol. The topological polar surface area (TPSA) is 54.7 Å². The molecule has 2 heterocycles. The monoisotopic (exact) mass is 175 g/mol. The second-order valence-electron chi connectivity index (χ2n) is 3.36. The van der Waals surface area contributed by atoms with Crippen LogP contribution in [0.3, 0.4) is 0 Å². The summed E-state index contributed by atoms with van der Waals surface area (Å²) in [6, 6.07) is 3.86. The largest absolute Gasteiger partial charge is 0.354 e. The maximum atomic E-state index is 5.19. The van der Waals surface area contributed by atoms with Crippen molar-refractivity contribution in [1.82, 2.24) is 15.4 Å². The molecule has 0 atom stereocenters. The summed E-state index contributed by atoms with van der Waals surface area (Å²) in [5.41, 5.74) is 1.96. The third-order valence-electron chi connectivity index (χ3n) is 2.29. The van der Waals surface area contributed by atoms with Crippen molar-refractivity contribution in [2.75, 3.05) is 0 Å². The van der Waals surface area contributed by atoms with Crippen molar-refractivity contribution < 1.29 is 4.52 Å². The number of rotatable bonds is 2. The first kappa shape index (κ1) is 6.88. The standard InChI is InChI=1S/C9H9N3O/c1-2-6(1)8-5-9(13-12-8)7-3-4-10-11-7/h3-6H,1-2H2,(H,10,11). The Hall–Kier alpha value is -1.58.